The summed E-state index contributed by atoms with van der Waals surface area (Å²) >= 11 is 0. The smallest absolute Gasteiger partial charge is 0.255 e. The van der Waals surface area contributed by atoms with Gasteiger partial charge in [0.1, 0.15) is 0 Å². The lowest BCUT2D eigenvalue weighted by Crippen LogP contribution is -2.28. The third-order valence-corrected chi connectivity index (χ3v) is 5.89. The number of hydrogen-bond acceptors (Lipinski definition) is 3. The van der Waals surface area contributed by atoms with E-state index in [1.54, 1.807) is 18.2 Å². The normalized spacial score (nSPS) is 14.7. The van der Waals surface area contributed by atoms with E-state index in [0.29, 0.717) is 16.8 Å². The second kappa shape index (κ2) is 10.2. The van der Waals surface area contributed by atoms with Gasteiger partial charge in [-0.1, -0.05) is 54.6 Å². The van der Waals surface area contributed by atoms with Crippen LogP contribution in [0.15, 0.2) is 78.9 Å². The van der Waals surface area contributed by atoms with E-state index >= 15 is 0 Å². The number of hydrogen-bond donors (Lipinski definition) is 2. The minimum absolute atomic E-state index is 0.143. The lowest BCUT2D eigenvalue weighted by atomic mass is 10.1. The van der Waals surface area contributed by atoms with Gasteiger partial charge in [0, 0.05) is 12.1 Å². The zero-order valence-corrected chi connectivity index (χ0v) is 18.4. The second-order valence-electron chi connectivity index (χ2n) is 8.29. The van der Waals surface area contributed by atoms with Crippen LogP contribution in [-0.4, -0.2) is 29.8 Å². The molecule has 1 heterocycles. The number of nitrogens with zero attached hydrogens (tertiary/aromatic N) is 1. The van der Waals surface area contributed by atoms with Gasteiger partial charge in [0.2, 0.25) is 0 Å². The van der Waals surface area contributed by atoms with Crippen LogP contribution in [0, 0.1) is 0 Å². The molecule has 1 atom stereocenters. The highest BCUT2D eigenvalue weighted by Crippen LogP contribution is 2.19. The van der Waals surface area contributed by atoms with Crippen molar-refractivity contribution in [2.75, 3.05) is 18.4 Å². The molecule has 1 aliphatic rings. The molecule has 0 radical (unpaired) electrons. The van der Waals surface area contributed by atoms with Crippen LogP contribution in [0.25, 0.3) is 0 Å². The molecule has 1 fully saturated rings. The van der Waals surface area contributed by atoms with E-state index in [9.17, 15) is 9.59 Å². The predicted octanol–water partition coefficient (Wildman–Crippen LogP) is 5.03. The average molecular weight is 428 g/mol. The Morgan fingerprint density at radius 1 is 0.844 bits per heavy atom. The van der Waals surface area contributed by atoms with Crippen molar-refractivity contribution in [2.45, 2.75) is 32.4 Å². The van der Waals surface area contributed by atoms with Crippen molar-refractivity contribution in [3.8, 4) is 0 Å². The van der Waals surface area contributed by atoms with Crippen LogP contribution >= 0.6 is 0 Å². The van der Waals surface area contributed by atoms with Crippen molar-refractivity contribution in [3.05, 3.63) is 101 Å². The molecule has 0 unspecified atom stereocenters. The predicted molar refractivity (Wildman–Crippen MR) is 128 cm³/mol. The molecule has 5 heteroatoms. The summed E-state index contributed by atoms with van der Waals surface area (Å²) in [6.45, 7) is 5.15. The summed E-state index contributed by atoms with van der Waals surface area (Å²) in [5, 5.41) is 5.92. The summed E-state index contributed by atoms with van der Waals surface area (Å²) in [4.78, 5) is 28.2. The van der Waals surface area contributed by atoms with E-state index in [2.05, 4.69) is 15.5 Å². The van der Waals surface area contributed by atoms with Crippen LogP contribution in [0.4, 0.5) is 5.69 Å². The first-order valence-corrected chi connectivity index (χ1v) is 11.2. The van der Waals surface area contributed by atoms with Crippen LogP contribution in [0.3, 0.4) is 0 Å². The first-order valence-electron chi connectivity index (χ1n) is 11.2. The molecule has 5 nitrogen and oxygen atoms in total. The monoisotopic (exact) mass is 427 g/mol. The summed E-state index contributed by atoms with van der Waals surface area (Å²) in [6, 6.07) is 24.4. The van der Waals surface area contributed by atoms with E-state index in [1.807, 2.05) is 67.6 Å². The van der Waals surface area contributed by atoms with Gasteiger partial charge in [0.25, 0.3) is 11.8 Å². The minimum Gasteiger partial charge on any atom is -0.345 e. The Morgan fingerprint density at radius 2 is 1.50 bits per heavy atom. The number of likely N-dealkylation sites (tertiary alicyclic amines) is 1. The van der Waals surface area contributed by atoms with Crippen LogP contribution in [0.1, 0.15) is 57.7 Å². The van der Waals surface area contributed by atoms with E-state index in [1.165, 1.54) is 18.4 Å². The molecule has 0 aromatic heterocycles. The number of carbonyl (C=O) groups excluding carboxylic acids is 2. The topological polar surface area (TPSA) is 61.4 Å². The Morgan fingerprint density at radius 3 is 2.22 bits per heavy atom. The van der Waals surface area contributed by atoms with Crippen molar-refractivity contribution in [1.29, 1.82) is 0 Å². The lowest BCUT2D eigenvalue weighted by molar-refractivity contribution is 0.0941. The largest absolute Gasteiger partial charge is 0.345 e. The quantitative estimate of drug-likeness (QED) is 0.556. The molecule has 1 saturated heterocycles. The van der Waals surface area contributed by atoms with Crippen LogP contribution in [0.2, 0.25) is 0 Å². The number of benzene rings is 3. The van der Waals surface area contributed by atoms with E-state index in [4.69, 9.17) is 0 Å². The molecule has 0 saturated carbocycles. The molecule has 4 rings (SSSR count). The van der Waals surface area contributed by atoms with E-state index < -0.39 is 0 Å². The number of rotatable bonds is 7. The van der Waals surface area contributed by atoms with Crippen molar-refractivity contribution >= 4 is 17.5 Å². The fraction of sp³-hybridized carbons (Fsp3) is 0.259. The highest BCUT2D eigenvalue weighted by atomic mass is 16.2. The maximum atomic E-state index is 12.9. The summed E-state index contributed by atoms with van der Waals surface area (Å²) in [5.41, 5.74) is 3.74. The standard InChI is InChI=1S/C27H29N3O2/c1-20(22-9-3-2-4-10-22)28-27(32)24-11-5-6-12-25(24)29-26(31)23-15-13-21(14-16-23)19-30-17-7-8-18-30/h2-6,9-16,20H,7-8,17-19H2,1H3,(H,28,32)(H,29,31)/t20-/m0/s1. The fourth-order valence-electron chi connectivity index (χ4n) is 4.04. The Balaban J connectivity index is 1.42. The van der Waals surface area contributed by atoms with Crippen molar-refractivity contribution < 1.29 is 9.59 Å². The molecule has 3 aromatic carbocycles. The summed E-state index contributed by atoms with van der Waals surface area (Å²) in [7, 11) is 0. The Labute approximate surface area is 189 Å². The highest BCUT2D eigenvalue weighted by Gasteiger charge is 2.17. The van der Waals surface area contributed by atoms with Gasteiger partial charge in [0.15, 0.2) is 0 Å². The zero-order chi connectivity index (χ0) is 22.3. The summed E-state index contributed by atoms with van der Waals surface area (Å²) < 4.78 is 0. The molecule has 2 amide bonds. The molecular formula is C27H29N3O2. The van der Waals surface area contributed by atoms with Gasteiger partial charge < -0.3 is 10.6 Å². The van der Waals surface area contributed by atoms with Gasteiger partial charge in [-0.15, -0.1) is 0 Å². The van der Waals surface area contributed by atoms with Gasteiger partial charge >= 0.3 is 0 Å². The molecule has 0 bridgehead atoms. The lowest BCUT2D eigenvalue weighted by Gasteiger charge is -2.17. The molecule has 1 aliphatic heterocycles. The van der Waals surface area contributed by atoms with Gasteiger partial charge in [-0.25, -0.2) is 0 Å². The third-order valence-electron chi connectivity index (χ3n) is 5.89. The maximum Gasteiger partial charge on any atom is 0.255 e. The Bertz CT molecular complexity index is 1060. The molecule has 32 heavy (non-hydrogen) atoms. The summed E-state index contributed by atoms with van der Waals surface area (Å²) in [6.07, 6.45) is 2.52. The minimum atomic E-state index is -0.228. The molecule has 2 N–H and O–H groups in total. The zero-order valence-electron chi connectivity index (χ0n) is 18.4. The van der Waals surface area contributed by atoms with Crippen LogP contribution < -0.4 is 10.6 Å². The van der Waals surface area contributed by atoms with Gasteiger partial charge in [-0.3, -0.25) is 14.5 Å². The first-order chi connectivity index (χ1) is 15.6. The van der Waals surface area contributed by atoms with E-state index in [0.717, 1.165) is 25.2 Å². The first kappa shape index (κ1) is 21.8. The number of para-hydroxylation sites is 1. The van der Waals surface area contributed by atoms with Gasteiger partial charge in [0.05, 0.1) is 17.3 Å². The Kier molecular flexibility index (Phi) is 6.97. The number of amides is 2. The third kappa shape index (κ3) is 5.42. The van der Waals surface area contributed by atoms with Crippen molar-refractivity contribution in [2.24, 2.45) is 0 Å². The summed E-state index contributed by atoms with van der Waals surface area (Å²) in [5.74, 6) is -0.452. The SMILES string of the molecule is C[C@H](NC(=O)c1ccccc1NC(=O)c1ccc(CN2CCCC2)cc1)c1ccccc1. The molecule has 0 aliphatic carbocycles. The van der Waals surface area contributed by atoms with Crippen molar-refractivity contribution in [1.82, 2.24) is 10.2 Å². The molecule has 164 valence electrons. The number of carbonyl (C=O) groups is 2. The average Bonchev–Trinajstić information content (AvgIpc) is 3.33. The molecular weight excluding hydrogens is 398 g/mol. The van der Waals surface area contributed by atoms with E-state index in [-0.39, 0.29) is 17.9 Å². The second-order valence-corrected chi connectivity index (χ2v) is 8.29. The molecule has 0 spiro atoms. The number of nitrogens with one attached hydrogen (secondary N) is 2. The maximum absolute atomic E-state index is 12.9. The van der Waals surface area contributed by atoms with Crippen LogP contribution in [0.5, 0.6) is 0 Å². The van der Waals surface area contributed by atoms with Gasteiger partial charge in [-0.2, -0.15) is 0 Å². The fourth-order valence-corrected chi connectivity index (χ4v) is 4.04. The number of anilines is 1. The molecule has 3 aromatic rings. The highest BCUT2D eigenvalue weighted by molar-refractivity contribution is 6.09. The Hall–Kier alpha value is -3.44. The van der Waals surface area contributed by atoms with Crippen molar-refractivity contribution in [3.63, 3.8) is 0 Å². The van der Waals surface area contributed by atoms with Gasteiger partial charge in [-0.05, 0) is 68.2 Å². The van der Waals surface area contributed by atoms with Crippen LogP contribution in [-0.2, 0) is 6.54 Å².